The van der Waals surface area contributed by atoms with Gasteiger partial charge in [0.25, 0.3) is 0 Å². The minimum absolute atomic E-state index is 0.0510. The maximum Gasteiger partial charge on any atom is 0.241 e. The Morgan fingerprint density at radius 2 is 1.89 bits per heavy atom. The molecule has 0 saturated heterocycles. The fraction of sp³-hybridized carbons (Fsp3) is 0.562. The van der Waals surface area contributed by atoms with Gasteiger partial charge in [0.05, 0.1) is 0 Å². The summed E-state index contributed by atoms with van der Waals surface area (Å²) in [7, 11) is 0. The molecule has 19 heavy (non-hydrogen) atoms. The Labute approximate surface area is 115 Å². The first kappa shape index (κ1) is 14.1. The summed E-state index contributed by atoms with van der Waals surface area (Å²) >= 11 is 0. The van der Waals surface area contributed by atoms with Crippen LogP contribution in [0, 0.1) is 5.92 Å². The maximum absolute atomic E-state index is 12.2. The van der Waals surface area contributed by atoms with Crippen LogP contribution in [-0.4, -0.2) is 11.9 Å². The van der Waals surface area contributed by atoms with E-state index in [9.17, 15) is 4.79 Å². The van der Waals surface area contributed by atoms with Gasteiger partial charge in [-0.1, -0.05) is 56.5 Å². The lowest BCUT2D eigenvalue weighted by Gasteiger charge is -2.24. The van der Waals surface area contributed by atoms with Crippen LogP contribution in [0.25, 0.3) is 0 Å². The molecule has 1 aliphatic rings. The van der Waals surface area contributed by atoms with Gasteiger partial charge in [0.1, 0.15) is 6.04 Å². The summed E-state index contributed by atoms with van der Waals surface area (Å²) in [5.74, 6) is 0.499. The van der Waals surface area contributed by atoms with E-state index >= 15 is 0 Å². The summed E-state index contributed by atoms with van der Waals surface area (Å²) in [5.41, 5.74) is 6.90. The molecule has 104 valence electrons. The van der Waals surface area contributed by atoms with Gasteiger partial charge in [-0.05, 0) is 24.3 Å². The molecule has 3 N–H and O–H groups in total. The zero-order valence-electron chi connectivity index (χ0n) is 11.6. The number of hydrogen-bond donors (Lipinski definition) is 2. The zero-order chi connectivity index (χ0) is 13.7. The molecule has 0 bridgehead atoms. The number of nitrogens with one attached hydrogen (secondary N) is 1. The number of nitrogens with two attached hydrogens (primary N) is 1. The van der Waals surface area contributed by atoms with Gasteiger partial charge in [0.2, 0.25) is 5.91 Å². The molecule has 1 aromatic rings. The molecule has 1 amide bonds. The van der Waals surface area contributed by atoms with Crippen LogP contribution in [0.4, 0.5) is 0 Å². The van der Waals surface area contributed by atoms with Gasteiger partial charge in [0.15, 0.2) is 0 Å². The van der Waals surface area contributed by atoms with Crippen molar-refractivity contribution in [2.45, 2.75) is 51.1 Å². The first-order chi connectivity index (χ1) is 9.18. The zero-order valence-corrected chi connectivity index (χ0v) is 11.6. The van der Waals surface area contributed by atoms with E-state index < -0.39 is 6.04 Å². The predicted molar refractivity (Wildman–Crippen MR) is 77.6 cm³/mol. The van der Waals surface area contributed by atoms with Crippen LogP contribution >= 0.6 is 0 Å². The second kappa shape index (κ2) is 6.71. The third-order valence-electron chi connectivity index (χ3n) is 4.13. The van der Waals surface area contributed by atoms with Gasteiger partial charge >= 0.3 is 0 Å². The Hall–Kier alpha value is -1.35. The molecule has 2 unspecified atom stereocenters. The van der Waals surface area contributed by atoms with Crippen LogP contribution in [0.3, 0.4) is 0 Å². The van der Waals surface area contributed by atoms with E-state index in [1.807, 2.05) is 30.3 Å². The van der Waals surface area contributed by atoms with Gasteiger partial charge in [-0.2, -0.15) is 0 Å². The standard InChI is InChI=1S/C16H24N2O/c1-12-8-4-2-7-11-14(12)18-16(19)15(17)13-9-5-3-6-10-13/h3,5-6,9-10,12,14-15H,2,4,7-8,11,17H2,1H3,(H,18,19)/t12?,14?,15-/m0/s1. The fourth-order valence-corrected chi connectivity index (χ4v) is 2.79. The number of hydrogen-bond acceptors (Lipinski definition) is 2. The Morgan fingerprint density at radius 3 is 2.63 bits per heavy atom. The molecule has 3 heteroatoms. The van der Waals surface area contributed by atoms with Crippen molar-refractivity contribution < 1.29 is 4.79 Å². The van der Waals surface area contributed by atoms with E-state index in [-0.39, 0.29) is 11.9 Å². The van der Waals surface area contributed by atoms with E-state index in [0.717, 1.165) is 12.0 Å². The van der Waals surface area contributed by atoms with Crippen molar-refractivity contribution in [1.82, 2.24) is 5.32 Å². The summed E-state index contributed by atoms with van der Waals surface area (Å²) in [4.78, 5) is 12.2. The van der Waals surface area contributed by atoms with Gasteiger partial charge < -0.3 is 11.1 Å². The molecule has 0 radical (unpaired) electrons. The van der Waals surface area contributed by atoms with Crippen LogP contribution in [0.5, 0.6) is 0 Å². The largest absolute Gasteiger partial charge is 0.351 e. The highest BCUT2D eigenvalue weighted by molar-refractivity contribution is 5.83. The van der Waals surface area contributed by atoms with Crippen LogP contribution in [0.2, 0.25) is 0 Å². The molecular formula is C16H24N2O. The SMILES string of the molecule is CC1CCCCCC1NC(=O)[C@@H](N)c1ccccc1. The van der Waals surface area contributed by atoms with E-state index in [0.29, 0.717) is 5.92 Å². The van der Waals surface area contributed by atoms with Gasteiger partial charge in [-0.25, -0.2) is 0 Å². The molecule has 0 aromatic heterocycles. The fourth-order valence-electron chi connectivity index (χ4n) is 2.79. The lowest BCUT2D eigenvalue weighted by Crippen LogP contribution is -2.43. The summed E-state index contributed by atoms with van der Waals surface area (Å²) in [6, 6.07) is 9.29. The van der Waals surface area contributed by atoms with E-state index in [4.69, 9.17) is 5.73 Å². The molecule has 3 nitrogen and oxygen atoms in total. The molecule has 1 fully saturated rings. The van der Waals surface area contributed by atoms with Crippen molar-refractivity contribution in [2.24, 2.45) is 11.7 Å². The Bertz CT molecular complexity index is 404. The Morgan fingerprint density at radius 1 is 1.21 bits per heavy atom. The molecule has 0 spiro atoms. The number of amides is 1. The topological polar surface area (TPSA) is 55.1 Å². The van der Waals surface area contributed by atoms with E-state index in [1.165, 1.54) is 25.7 Å². The number of carbonyl (C=O) groups is 1. The minimum atomic E-state index is -0.559. The first-order valence-electron chi connectivity index (χ1n) is 7.29. The summed E-state index contributed by atoms with van der Waals surface area (Å²) in [6.45, 7) is 2.23. The maximum atomic E-state index is 12.2. The molecule has 1 aromatic carbocycles. The quantitative estimate of drug-likeness (QED) is 0.821. The molecule has 0 heterocycles. The van der Waals surface area contributed by atoms with Gasteiger partial charge in [-0.15, -0.1) is 0 Å². The van der Waals surface area contributed by atoms with Crippen LogP contribution < -0.4 is 11.1 Å². The van der Waals surface area contributed by atoms with Gasteiger partial charge in [0, 0.05) is 6.04 Å². The normalized spacial score (nSPS) is 25.4. The van der Waals surface area contributed by atoms with Crippen molar-refractivity contribution in [3.8, 4) is 0 Å². The number of benzene rings is 1. The molecule has 2 rings (SSSR count). The highest BCUT2D eigenvalue weighted by Gasteiger charge is 2.24. The first-order valence-corrected chi connectivity index (χ1v) is 7.29. The molecule has 0 aliphatic heterocycles. The predicted octanol–water partition coefficient (Wildman–Crippen LogP) is 2.77. The average Bonchev–Trinajstić information content (AvgIpc) is 2.64. The number of carbonyl (C=O) groups excluding carboxylic acids is 1. The van der Waals surface area contributed by atoms with Crippen molar-refractivity contribution in [2.75, 3.05) is 0 Å². The monoisotopic (exact) mass is 260 g/mol. The van der Waals surface area contributed by atoms with E-state index in [2.05, 4.69) is 12.2 Å². The lowest BCUT2D eigenvalue weighted by molar-refractivity contribution is -0.123. The molecular weight excluding hydrogens is 236 g/mol. The smallest absolute Gasteiger partial charge is 0.241 e. The Kier molecular flexibility index (Phi) is 4.97. The highest BCUT2D eigenvalue weighted by Crippen LogP contribution is 2.23. The summed E-state index contributed by atoms with van der Waals surface area (Å²) < 4.78 is 0. The van der Waals surface area contributed by atoms with Crippen LogP contribution in [0.15, 0.2) is 30.3 Å². The van der Waals surface area contributed by atoms with Crippen LogP contribution in [0.1, 0.15) is 50.6 Å². The lowest BCUT2D eigenvalue weighted by atomic mass is 9.96. The minimum Gasteiger partial charge on any atom is -0.351 e. The third kappa shape index (κ3) is 3.80. The summed E-state index contributed by atoms with van der Waals surface area (Å²) in [6.07, 6.45) is 6.04. The highest BCUT2D eigenvalue weighted by atomic mass is 16.2. The summed E-state index contributed by atoms with van der Waals surface area (Å²) in [5, 5.41) is 3.14. The molecule has 1 saturated carbocycles. The third-order valence-corrected chi connectivity index (χ3v) is 4.13. The average molecular weight is 260 g/mol. The van der Waals surface area contributed by atoms with Crippen molar-refractivity contribution in [3.63, 3.8) is 0 Å². The van der Waals surface area contributed by atoms with E-state index in [1.54, 1.807) is 0 Å². The molecule has 1 aliphatic carbocycles. The number of rotatable bonds is 3. The van der Waals surface area contributed by atoms with Crippen molar-refractivity contribution in [1.29, 1.82) is 0 Å². The van der Waals surface area contributed by atoms with Crippen molar-refractivity contribution in [3.05, 3.63) is 35.9 Å². The second-order valence-corrected chi connectivity index (χ2v) is 5.62. The van der Waals surface area contributed by atoms with Crippen molar-refractivity contribution >= 4 is 5.91 Å². The molecule has 3 atom stereocenters. The Balaban J connectivity index is 1.96. The van der Waals surface area contributed by atoms with Gasteiger partial charge in [-0.3, -0.25) is 4.79 Å². The second-order valence-electron chi connectivity index (χ2n) is 5.62. The van der Waals surface area contributed by atoms with Crippen LogP contribution in [-0.2, 0) is 4.79 Å².